The van der Waals surface area contributed by atoms with Crippen LogP contribution in [0.15, 0.2) is 170 Å². The van der Waals surface area contributed by atoms with Gasteiger partial charge in [0.1, 0.15) is 23.0 Å². The van der Waals surface area contributed by atoms with E-state index in [0.717, 1.165) is 55.5 Å². The highest BCUT2D eigenvalue weighted by atomic mass is 16.5. The van der Waals surface area contributed by atoms with Gasteiger partial charge in [-0.3, -0.25) is 0 Å². The highest BCUT2D eigenvalue weighted by Crippen LogP contribution is 2.51. The second-order valence-electron chi connectivity index (χ2n) is 14.7. The second kappa shape index (κ2) is 11.8. The zero-order valence-electron chi connectivity index (χ0n) is 36.0. The van der Waals surface area contributed by atoms with Crippen LogP contribution in [0, 0.1) is 13.7 Å². The van der Waals surface area contributed by atoms with E-state index in [-0.39, 0.29) is 35.7 Å². The van der Waals surface area contributed by atoms with E-state index in [1.165, 1.54) is 0 Å². The lowest BCUT2D eigenvalue weighted by atomic mass is 9.33. The summed E-state index contributed by atoms with van der Waals surface area (Å²) >= 11 is 0. The van der Waals surface area contributed by atoms with Crippen LogP contribution in [0.2, 0.25) is 0 Å². The number of anilines is 6. The van der Waals surface area contributed by atoms with Gasteiger partial charge in [0.25, 0.3) is 13.4 Å². The highest BCUT2D eigenvalue weighted by molar-refractivity contribution is 7.00. The lowest BCUT2D eigenvalue weighted by molar-refractivity contribution is 0.481. The van der Waals surface area contributed by atoms with E-state index in [1.54, 1.807) is 12.1 Å². The Hall–Kier alpha value is -6.91. The van der Waals surface area contributed by atoms with Gasteiger partial charge in [0.05, 0.1) is 0 Å². The van der Waals surface area contributed by atoms with Gasteiger partial charge in [0, 0.05) is 53.5 Å². The first kappa shape index (κ1) is 26.0. The second-order valence-corrected chi connectivity index (χ2v) is 14.7. The fourth-order valence-corrected chi connectivity index (χ4v) is 9.60. The van der Waals surface area contributed by atoms with Crippen molar-refractivity contribution in [1.29, 1.82) is 0 Å². The van der Waals surface area contributed by atoms with Crippen LogP contribution in [0.1, 0.15) is 19.4 Å². The lowest BCUT2D eigenvalue weighted by Gasteiger charge is -2.42. The Morgan fingerprint density at radius 1 is 0.411 bits per heavy atom. The molecule has 8 aromatic carbocycles. The molecule has 0 saturated carbocycles. The minimum atomic E-state index is -2.74. The SMILES string of the molecule is [2H]C([2H])([2H])c1cc2c3c(c1-c1c(C([2H])([2H])[2H])cc4c5c1Oc1ccccc1B5c1ccccc1N4c1ccccc1)Oc1ccccc1B3c1ccccc1N2c1ccccc1. The third kappa shape index (κ3) is 4.27. The average molecular weight is 722 g/mol. The van der Waals surface area contributed by atoms with Crippen molar-refractivity contribution in [2.45, 2.75) is 13.7 Å². The molecule has 4 heterocycles. The Labute approximate surface area is 335 Å². The summed E-state index contributed by atoms with van der Waals surface area (Å²) in [5, 5.41) is 0. The van der Waals surface area contributed by atoms with Gasteiger partial charge < -0.3 is 19.3 Å². The summed E-state index contributed by atoms with van der Waals surface area (Å²) in [5.74, 6) is 1.73. The van der Waals surface area contributed by atoms with Gasteiger partial charge in [0.15, 0.2) is 0 Å². The predicted molar refractivity (Wildman–Crippen MR) is 233 cm³/mol. The molecule has 4 aliphatic rings. The largest absolute Gasteiger partial charge is 0.458 e. The highest BCUT2D eigenvalue weighted by Gasteiger charge is 2.46. The van der Waals surface area contributed by atoms with E-state index < -0.39 is 13.7 Å². The molecule has 56 heavy (non-hydrogen) atoms. The molecule has 12 rings (SSSR count). The molecule has 0 spiro atoms. The van der Waals surface area contributed by atoms with E-state index in [1.807, 2.05) is 121 Å². The van der Waals surface area contributed by atoms with Gasteiger partial charge in [0.2, 0.25) is 0 Å². The number of fused-ring (bicyclic) bond motifs is 8. The molecule has 0 radical (unpaired) electrons. The molecular formula is C50H34B2N2O2. The van der Waals surface area contributed by atoms with Crippen LogP contribution in [0.3, 0.4) is 0 Å². The first-order chi connectivity index (χ1) is 30.1. The van der Waals surface area contributed by atoms with Crippen molar-refractivity contribution in [1.82, 2.24) is 0 Å². The Bertz CT molecular complexity index is 2950. The fraction of sp³-hybridized carbons (Fsp3) is 0.0400. The number of rotatable bonds is 3. The fourth-order valence-electron chi connectivity index (χ4n) is 9.60. The summed E-state index contributed by atoms with van der Waals surface area (Å²) in [7, 11) is 0. The monoisotopic (exact) mass is 722 g/mol. The standard InChI is InChI=1S/C50H34B2N2O2/c1-31-29-41-47-49(55-43-27-15-11-23-37(43)51(47)35-21-9-13-25-39(35)53(41)33-17-5-3-6-18-33)45(31)46-32(2)30-42-48-50(46)56-44-28-16-12-24-38(44)52(48)36-22-10-14-26-40(36)54(42)34-19-7-4-8-20-34/h3-30H,1-2H3/i1D3,2D3. The molecule has 0 saturated heterocycles. The molecule has 0 N–H and O–H groups in total. The van der Waals surface area contributed by atoms with Crippen molar-refractivity contribution < 1.29 is 17.7 Å². The van der Waals surface area contributed by atoms with Gasteiger partial charge >= 0.3 is 0 Å². The molecule has 0 amide bonds. The van der Waals surface area contributed by atoms with E-state index in [4.69, 9.17) is 9.47 Å². The van der Waals surface area contributed by atoms with Crippen LogP contribution in [0.4, 0.5) is 34.1 Å². The predicted octanol–water partition coefficient (Wildman–Crippen LogP) is 8.78. The molecule has 0 atom stereocenters. The third-order valence-electron chi connectivity index (χ3n) is 11.8. The van der Waals surface area contributed by atoms with Crippen molar-refractivity contribution in [3.63, 3.8) is 0 Å². The Balaban J connectivity index is 1.26. The smallest absolute Gasteiger partial charge is 0.256 e. The van der Waals surface area contributed by atoms with E-state index in [0.29, 0.717) is 34.4 Å². The van der Waals surface area contributed by atoms with E-state index in [2.05, 4.69) is 46.2 Å². The molecule has 0 aliphatic carbocycles. The molecule has 4 aliphatic heterocycles. The Morgan fingerprint density at radius 3 is 1.21 bits per heavy atom. The molecule has 0 unspecified atom stereocenters. The van der Waals surface area contributed by atoms with Crippen molar-refractivity contribution in [2.75, 3.05) is 9.80 Å². The zero-order valence-corrected chi connectivity index (χ0v) is 30.0. The van der Waals surface area contributed by atoms with Gasteiger partial charge in [-0.05, 0) is 118 Å². The van der Waals surface area contributed by atoms with Crippen LogP contribution in [-0.4, -0.2) is 13.4 Å². The number of para-hydroxylation sites is 6. The van der Waals surface area contributed by atoms with Crippen molar-refractivity contribution >= 4 is 80.3 Å². The Kier molecular flexibility index (Phi) is 5.47. The molecule has 6 heteroatoms. The van der Waals surface area contributed by atoms with E-state index >= 15 is 0 Å². The Morgan fingerprint density at radius 2 is 0.786 bits per heavy atom. The van der Waals surface area contributed by atoms with E-state index in [9.17, 15) is 8.22 Å². The van der Waals surface area contributed by atoms with Crippen molar-refractivity contribution in [2.24, 2.45) is 0 Å². The van der Waals surface area contributed by atoms with Crippen LogP contribution < -0.4 is 52.1 Å². The van der Waals surface area contributed by atoms with Crippen LogP contribution in [-0.2, 0) is 0 Å². The number of hydrogen-bond acceptors (Lipinski definition) is 4. The van der Waals surface area contributed by atoms with Gasteiger partial charge in [-0.1, -0.05) is 109 Å². The van der Waals surface area contributed by atoms with Crippen LogP contribution in [0.25, 0.3) is 11.1 Å². The molecule has 0 bridgehead atoms. The first-order valence-corrected chi connectivity index (χ1v) is 18.9. The van der Waals surface area contributed by atoms with Gasteiger partial charge in [-0.25, -0.2) is 0 Å². The lowest BCUT2D eigenvalue weighted by Crippen LogP contribution is -2.60. The maximum Gasteiger partial charge on any atom is 0.256 e. The summed E-state index contributed by atoms with van der Waals surface area (Å²) in [6.07, 6.45) is 0. The molecule has 4 nitrogen and oxygen atoms in total. The van der Waals surface area contributed by atoms with Crippen molar-refractivity contribution in [3.8, 4) is 34.1 Å². The first-order valence-electron chi connectivity index (χ1n) is 21.9. The number of hydrogen-bond donors (Lipinski definition) is 0. The summed E-state index contributed by atoms with van der Waals surface area (Å²) in [5.41, 5.74) is 10.5. The number of aryl methyl sites for hydroxylation is 2. The number of benzene rings is 8. The quantitative estimate of drug-likeness (QED) is 0.170. The van der Waals surface area contributed by atoms with Crippen LogP contribution in [0.5, 0.6) is 23.0 Å². The maximum atomic E-state index is 9.30. The third-order valence-corrected chi connectivity index (χ3v) is 11.8. The van der Waals surface area contributed by atoms with Gasteiger partial charge in [-0.2, -0.15) is 0 Å². The summed E-state index contributed by atoms with van der Waals surface area (Å²) < 4.78 is 70.0. The van der Waals surface area contributed by atoms with Crippen LogP contribution >= 0.6 is 0 Å². The van der Waals surface area contributed by atoms with Crippen molar-refractivity contribution in [3.05, 3.63) is 181 Å². The zero-order chi connectivity index (χ0) is 42.1. The summed E-state index contributed by atoms with van der Waals surface area (Å²) in [6, 6.07) is 55.3. The summed E-state index contributed by atoms with van der Waals surface area (Å²) in [6.45, 7) is -6.21. The minimum absolute atomic E-state index is 0.0403. The molecule has 262 valence electrons. The molecule has 0 fully saturated rings. The average Bonchev–Trinajstić information content (AvgIpc) is 3.28. The number of ether oxygens (including phenoxy) is 2. The van der Waals surface area contributed by atoms with Gasteiger partial charge in [-0.15, -0.1) is 0 Å². The minimum Gasteiger partial charge on any atom is -0.458 e. The number of nitrogens with zero attached hydrogens (tertiary/aromatic N) is 2. The molecular weight excluding hydrogens is 682 g/mol. The molecule has 0 aromatic heterocycles. The topological polar surface area (TPSA) is 24.9 Å². The summed E-state index contributed by atoms with van der Waals surface area (Å²) in [4.78, 5) is 4.19. The normalized spacial score (nSPS) is 15.7. The molecule has 8 aromatic rings. The maximum absolute atomic E-state index is 9.30.